The Morgan fingerprint density at radius 1 is 0.692 bits per heavy atom. The molecule has 0 aliphatic heterocycles. The lowest BCUT2D eigenvalue weighted by Crippen LogP contribution is -2.39. The molecule has 0 unspecified atom stereocenters. The van der Waals surface area contributed by atoms with E-state index in [9.17, 15) is 4.79 Å². The summed E-state index contributed by atoms with van der Waals surface area (Å²) in [5.74, 6) is 0.877. The van der Waals surface area contributed by atoms with E-state index in [1.165, 1.54) is 68.9 Å². The number of rotatable bonds is 23. The molecule has 2 aromatic rings. The Morgan fingerprint density at radius 3 is 2.10 bits per heavy atom. The van der Waals surface area contributed by atoms with Gasteiger partial charge in [-0.3, -0.25) is 4.79 Å². The van der Waals surface area contributed by atoms with Crippen LogP contribution in [0.25, 0.3) is 0 Å². The van der Waals surface area contributed by atoms with Gasteiger partial charge in [-0.1, -0.05) is 101 Å². The number of quaternary nitrogens is 1. The number of benzene rings is 2. The maximum absolute atomic E-state index is 12.1. The fourth-order valence-corrected chi connectivity index (χ4v) is 5.05. The lowest BCUT2D eigenvalue weighted by Gasteiger charge is -2.30. The summed E-state index contributed by atoms with van der Waals surface area (Å²) >= 11 is 0. The van der Waals surface area contributed by atoms with Crippen LogP contribution >= 0.6 is 0 Å². The molecule has 0 saturated heterocycles. The summed E-state index contributed by atoms with van der Waals surface area (Å²) in [6, 6.07) is 19.1. The normalized spacial score (nSPS) is 11.5. The third kappa shape index (κ3) is 17.1. The predicted octanol–water partition coefficient (Wildman–Crippen LogP) is 8.91. The van der Waals surface area contributed by atoms with Crippen LogP contribution in [0.1, 0.15) is 108 Å². The first kappa shape index (κ1) is 32.9. The smallest absolute Gasteiger partial charge is 0.305 e. The van der Waals surface area contributed by atoms with Crippen molar-refractivity contribution < 1.29 is 18.8 Å². The first-order valence-corrected chi connectivity index (χ1v) is 15.7. The van der Waals surface area contributed by atoms with Gasteiger partial charge in [-0.25, -0.2) is 0 Å². The van der Waals surface area contributed by atoms with Gasteiger partial charge < -0.3 is 14.0 Å². The summed E-state index contributed by atoms with van der Waals surface area (Å²) in [5.41, 5.74) is 2.72. The molecule has 0 saturated carbocycles. The van der Waals surface area contributed by atoms with Gasteiger partial charge in [0.15, 0.2) is 0 Å². The minimum atomic E-state index is -0.0755. The van der Waals surface area contributed by atoms with Gasteiger partial charge in [0.2, 0.25) is 0 Å². The minimum Gasteiger partial charge on any atom is -0.494 e. The van der Waals surface area contributed by atoms with Crippen LogP contribution in [-0.4, -0.2) is 44.3 Å². The van der Waals surface area contributed by atoms with Crippen LogP contribution in [0.15, 0.2) is 54.6 Å². The second-order valence-electron chi connectivity index (χ2n) is 11.8. The highest BCUT2D eigenvalue weighted by Gasteiger charge is 2.15. The average Bonchev–Trinajstić information content (AvgIpc) is 2.92. The summed E-state index contributed by atoms with van der Waals surface area (Å²) in [5, 5.41) is 0. The van der Waals surface area contributed by atoms with E-state index in [-0.39, 0.29) is 5.97 Å². The van der Waals surface area contributed by atoms with Crippen LogP contribution in [0.3, 0.4) is 0 Å². The number of hydrogen-bond acceptors (Lipinski definition) is 3. The zero-order valence-corrected chi connectivity index (χ0v) is 25.3. The Hall–Kier alpha value is -2.33. The Morgan fingerprint density at radius 2 is 1.36 bits per heavy atom. The van der Waals surface area contributed by atoms with Crippen molar-refractivity contribution in [1.29, 1.82) is 0 Å². The van der Waals surface area contributed by atoms with Crippen molar-refractivity contribution in [3.05, 3.63) is 65.7 Å². The van der Waals surface area contributed by atoms with Crippen LogP contribution in [0.5, 0.6) is 5.75 Å². The molecule has 2 rings (SSSR count). The molecule has 0 aromatic heterocycles. The Balaban J connectivity index is 1.45. The van der Waals surface area contributed by atoms with Gasteiger partial charge in [-0.15, -0.1) is 0 Å². The van der Waals surface area contributed by atoms with Gasteiger partial charge in [0, 0.05) is 12.0 Å². The molecular weight excluding hydrogens is 482 g/mol. The Bertz CT molecular complexity index is 880. The highest BCUT2D eigenvalue weighted by molar-refractivity contribution is 5.69. The van der Waals surface area contributed by atoms with Crippen LogP contribution in [0, 0.1) is 0 Å². The van der Waals surface area contributed by atoms with E-state index in [0.29, 0.717) is 19.6 Å². The topological polar surface area (TPSA) is 35.5 Å². The molecule has 218 valence electrons. The summed E-state index contributed by atoms with van der Waals surface area (Å²) < 4.78 is 12.3. The van der Waals surface area contributed by atoms with Crippen LogP contribution < -0.4 is 4.74 Å². The van der Waals surface area contributed by atoms with Crippen molar-refractivity contribution in [2.75, 3.05) is 33.9 Å². The molecule has 0 amide bonds. The first-order valence-electron chi connectivity index (χ1n) is 15.7. The molecule has 4 heteroatoms. The maximum Gasteiger partial charge on any atom is 0.305 e. The standard InChI is InChI=1S/C35H56NO3/c1-4-5-6-7-8-9-10-11-13-21-32-24-20-25-34(30-32)38-28-18-19-29-39-35(37)26-16-17-27-36(2,3)31-33-22-14-12-15-23-33/h12,14-15,20,22-25,30H,4-11,13,16-19,21,26-29,31H2,1-3H3/q+1. The Labute approximate surface area is 239 Å². The maximum atomic E-state index is 12.1. The number of esters is 1. The molecule has 0 heterocycles. The van der Waals surface area contributed by atoms with Gasteiger partial charge in [0.1, 0.15) is 12.3 Å². The largest absolute Gasteiger partial charge is 0.494 e. The van der Waals surface area contributed by atoms with Crippen molar-refractivity contribution in [3.63, 3.8) is 0 Å². The van der Waals surface area contributed by atoms with Gasteiger partial charge >= 0.3 is 5.97 Å². The van der Waals surface area contributed by atoms with Gasteiger partial charge in [0.05, 0.1) is 33.9 Å². The highest BCUT2D eigenvalue weighted by Crippen LogP contribution is 2.17. The molecular formula is C35H56NO3+. The van der Waals surface area contributed by atoms with Crippen molar-refractivity contribution >= 4 is 5.97 Å². The number of aryl methyl sites for hydroxylation is 1. The molecule has 0 bridgehead atoms. The molecule has 0 aliphatic rings. The van der Waals surface area contributed by atoms with Gasteiger partial charge in [0.25, 0.3) is 0 Å². The van der Waals surface area contributed by atoms with E-state index in [2.05, 4.69) is 69.6 Å². The third-order valence-corrected chi connectivity index (χ3v) is 7.39. The monoisotopic (exact) mass is 538 g/mol. The fraction of sp³-hybridized carbons (Fsp3) is 0.629. The molecule has 0 N–H and O–H groups in total. The average molecular weight is 539 g/mol. The molecule has 4 nitrogen and oxygen atoms in total. The molecule has 0 spiro atoms. The van der Waals surface area contributed by atoms with E-state index in [4.69, 9.17) is 9.47 Å². The zero-order valence-electron chi connectivity index (χ0n) is 25.3. The minimum absolute atomic E-state index is 0.0755. The van der Waals surface area contributed by atoms with Crippen molar-refractivity contribution in [2.45, 2.75) is 110 Å². The van der Waals surface area contributed by atoms with E-state index in [1.807, 2.05) is 6.07 Å². The van der Waals surface area contributed by atoms with E-state index < -0.39 is 0 Å². The Kier molecular flexibility index (Phi) is 17.3. The predicted molar refractivity (Wildman–Crippen MR) is 164 cm³/mol. The lowest BCUT2D eigenvalue weighted by molar-refractivity contribution is -0.903. The zero-order chi connectivity index (χ0) is 28.0. The lowest BCUT2D eigenvalue weighted by atomic mass is 10.0. The number of unbranched alkanes of at least 4 members (excludes halogenated alkanes) is 10. The summed E-state index contributed by atoms with van der Waals surface area (Å²) in [4.78, 5) is 12.1. The van der Waals surface area contributed by atoms with E-state index in [0.717, 1.165) is 55.4 Å². The molecule has 0 fully saturated rings. The molecule has 0 radical (unpaired) electrons. The first-order chi connectivity index (χ1) is 19.0. The highest BCUT2D eigenvalue weighted by atomic mass is 16.5. The molecule has 39 heavy (non-hydrogen) atoms. The summed E-state index contributed by atoms with van der Waals surface area (Å²) in [6.45, 7) is 5.48. The second-order valence-corrected chi connectivity index (χ2v) is 11.8. The fourth-order valence-electron chi connectivity index (χ4n) is 5.05. The number of nitrogens with zero attached hydrogens (tertiary/aromatic N) is 1. The van der Waals surface area contributed by atoms with Crippen LogP contribution in [0.2, 0.25) is 0 Å². The number of carbonyl (C=O) groups is 1. The molecule has 0 aliphatic carbocycles. The van der Waals surface area contributed by atoms with Crippen molar-refractivity contribution in [2.24, 2.45) is 0 Å². The SMILES string of the molecule is CCCCCCCCCCCc1cccc(OCCCCOC(=O)CCCC[N+](C)(C)Cc2ccccc2)c1. The number of ether oxygens (including phenoxy) is 2. The van der Waals surface area contributed by atoms with Crippen LogP contribution in [0.4, 0.5) is 0 Å². The quantitative estimate of drug-likeness (QED) is 0.0805. The van der Waals surface area contributed by atoms with Gasteiger partial charge in [-0.2, -0.15) is 0 Å². The number of carbonyl (C=O) groups excluding carboxylic acids is 1. The number of hydrogen-bond donors (Lipinski definition) is 0. The van der Waals surface area contributed by atoms with Crippen LogP contribution in [-0.2, 0) is 22.5 Å². The van der Waals surface area contributed by atoms with E-state index in [1.54, 1.807) is 0 Å². The second kappa shape index (κ2) is 20.6. The van der Waals surface area contributed by atoms with E-state index >= 15 is 0 Å². The van der Waals surface area contributed by atoms with Crippen molar-refractivity contribution in [1.82, 2.24) is 0 Å². The summed E-state index contributed by atoms with van der Waals surface area (Å²) in [6.07, 6.45) is 17.5. The molecule has 0 atom stereocenters. The third-order valence-electron chi connectivity index (χ3n) is 7.39. The van der Waals surface area contributed by atoms with Crippen molar-refractivity contribution in [3.8, 4) is 5.75 Å². The van der Waals surface area contributed by atoms with Gasteiger partial charge in [-0.05, 0) is 56.2 Å². The summed E-state index contributed by atoms with van der Waals surface area (Å²) in [7, 11) is 4.50. The molecule has 2 aromatic carbocycles.